The van der Waals surface area contributed by atoms with Gasteiger partial charge in [-0.2, -0.15) is 0 Å². The van der Waals surface area contributed by atoms with Crippen molar-refractivity contribution in [2.45, 2.75) is 39.2 Å². The highest BCUT2D eigenvalue weighted by atomic mass is 15.2. The fourth-order valence-electron chi connectivity index (χ4n) is 2.34. The van der Waals surface area contributed by atoms with Gasteiger partial charge in [-0.1, -0.05) is 13.8 Å². The van der Waals surface area contributed by atoms with Crippen LogP contribution in [0.3, 0.4) is 0 Å². The summed E-state index contributed by atoms with van der Waals surface area (Å²) in [6, 6.07) is 0. The Balaban J connectivity index is 2.22. The van der Waals surface area contributed by atoms with Gasteiger partial charge in [0.15, 0.2) is 0 Å². The van der Waals surface area contributed by atoms with Crippen molar-refractivity contribution in [3.8, 4) is 0 Å². The maximum atomic E-state index is 3.45. The van der Waals surface area contributed by atoms with E-state index >= 15 is 0 Å². The molecule has 1 fully saturated rings. The van der Waals surface area contributed by atoms with Crippen LogP contribution in [0, 0.1) is 0 Å². The summed E-state index contributed by atoms with van der Waals surface area (Å²) in [5, 5.41) is 3.45. The van der Waals surface area contributed by atoms with Crippen molar-refractivity contribution in [1.82, 2.24) is 15.1 Å². The van der Waals surface area contributed by atoms with Crippen molar-refractivity contribution in [1.29, 1.82) is 0 Å². The fraction of sp³-hybridized carbons (Fsp3) is 1.00. The molecule has 1 saturated heterocycles. The number of nitrogens with zero attached hydrogens (tertiary/aromatic N) is 2. The van der Waals surface area contributed by atoms with Crippen molar-refractivity contribution in [2.24, 2.45) is 0 Å². The summed E-state index contributed by atoms with van der Waals surface area (Å²) in [6.07, 6.45) is 2.56. The second-order valence-corrected chi connectivity index (χ2v) is 5.18. The smallest absolute Gasteiger partial charge is 0.0174 e. The van der Waals surface area contributed by atoms with Gasteiger partial charge in [0.1, 0.15) is 0 Å². The second kappa shape index (κ2) is 6.58. The first kappa shape index (κ1) is 13.9. The van der Waals surface area contributed by atoms with Crippen molar-refractivity contribution >= 4 is 0 Å². The van der Waals surface area contributed by atoms with Crippen molar-refractivity contribution in [3.63, 3.8) is 0 Å². The molecule has 1 aliphatic heterocycles. The summed E-state index contributed by atoms with van der Waals surface area (Å²) in [6.45, 7) is 14.2. The lowest BCUT2D eigenvalue weighted by Gasteiger charge is -2.39. The third kappa shape index (κ3) is 4.04. The normalized spacial score (nSPS) is 21.6. The first-order valence-corrected chi connectivity index (χ1v) is 6.77. The molecule has 0 aliphatic carbocycles. The molecular formula is C13H29N3. The number of nitrogens with one attached hydrogen (secondary N) is 1. The highest BCUT2D eigenvalue weighted by Gasteiger charge is 2.27. The van der Waals surface area contributed by atoms with E-state index < -0.39 is 0 Å². The molecule has 1 rings (SSSR count). The van der Waals surface area contributed by atoms with Gasteiger partial charge in [-0.3, -0.25) is 0 Å². The highest BCUT2D eigenvalue weighted by Crippen LogP contribution is 2.20. The molecule has 0 radical (unpaired) electrons. The molecule has 1 aliphatic rings. The molecule has 0 atom stereocenters. The van der Waals surface area contributed by atoms with Crippen LogP contribution in [-0.4, -0.2) is 61.7 Å². The molecule has 1 heterocycles. The minimum atomic E-state index is 0.381. The molecule has 16 heavy (non-hydrogen) atoms. The molecular weight excluding hydrogens is 198 g/mol. The first-order valence-electron chi connectivity index (χ1n) is 6.77. The summed E-state index contributed by atoms with van der Waals surface area (Å²) >= 11 is 0. The van der Waals surface area contributed by atoms with Gasteiger partial charge in [-0.25, -0.2) is 0 Å². The van der Waals surface area contributed by atoms with Gasteiger partial charge >= 0.3 is 0 Å². The van der Waals surface area contributed by atoms with Crippen LogP contribution in [0.25, 0.3) is 0 Å². The van der Waals surface area contributed by atoms with E-state index in [0.717, 1.165) is 0 Å². The average Bonchev–Trinajstić information content (AvgIpc) is 2.33. The lowest BCUT2D eigenvalue weighted by atomic mass is 9.90. The first-order chi connectivity index (χ1) is 7.63. The monoisotopic (exact) mass is 227 g/mol. The zero-order valence-electron chi connectivity index (χ0n) is 11.6. The predicted octanol–water partition coefficient (Wildman–Crippen LogP) is 1.40. The van der Waals surface area contributed by atoms with E-state index in [1.54, 1.807) is 0 Å². The topological polar surface area (TPSA) is 18.5 Å². The summed E-state index contributed by atoms with van der Waals surface area (Å²) in [7, 11) is 2.09. The molecule has 0 saturated carbocycles. The van der Waals surface area contributed by atoms with E-state index in [1.165, 1.54) is 52.1 Å². The Labute approximate surface area is 101 Å². The molecule has 0 aromatic heterocycles. The van der Waals surface area contributed by atoms with Crippen LogP contribution in [0.15, 0.2) is 0 Å². The molecule has 1 N–H and O–H groups in total. The summed E-state index contributed by atoms with van der Waals surface area (Å²) < 4.78 is 0. The minimum absolute atomic E-state index is 0.381. The van der Waals surface area contributed by atoms with Crippen LogP contribution in [0.4, 0.5) is 0 Å². The van der Waals surface area contributed by atoms with Gasteiger partial charge < -0.3 is 15.1 Å². The van der Waals surface area contributed by atoms with Crippen LogP contribution in [-0.2, 0) is 0 Å². The molecule has 3 nitrogen and oxygen atoms in total. The fourth-order valence-corrected chi connectivity index (χ4v) is 2.34. The number of rotatable bonds is 6. The molecule has 3 heteroatoms. The van der Waals surface area contributed by atoms with E-state index in [-0.39, 0.29) is 0 Å². The molecule has 0 unspecified atom stereocenters. The SMILES string of the molecule is CCN(CC)CCN1CCC(C)(NC)CC1. The third-order valence-electron chi connectivity index (χ3n) is 4.19. The number of likely N-dealkylation sites (N-methyl/N-ethyl adjacent to an activating group) is 1. The van der Waals surface area contributed by atoms with Gasteiger partial charge in [-0.15, -0.1) is 0 Å². The van der Waals surface area contributed by atoms with Crippen LogP contribution in [0.5, 0.6) is 0 Å². The highest BCUT2D eigenvalue weighted by molar-refractivity contribution is 4.88. The van der Waals surface area contributed by atoms with Crippen LogP contribution in [0.1, 0.15) is 33.6 Å². The Kier molecular flexibility index (Phi) is 5.73. The van der Waals surface area contributed by atoms with E-state index in [9.17, 15) is 0 Å². The molecule has 0 aromatic rings. The number of hydrogen-bond donors (Lipinski definition) is 1. The van der Waals surface area contributed by atoms with E-state index in [0.29, 0.717) is 5.54 Å². The van der Waals surface area contributed by atoms with Crippen LogP contribution < -0.4 is 5.32 Å². The van der Waals surface area contributed by atoms with Crippen molar-refractivity contribution in [3.05, 3.63) is 0 Å². The van der Waals surface area contributed by atoms with Crippen molar-refractivity contribution in [2.75, 3.05) is 46.3 Å². The average molecular weight is 227 g/mol. The summed E-state index contributed by atoms with van der Waals surface area (Å²) in [5.74, 6) is 0. The Morgan fingerprint density at radius 2 is 1.75 bits per heavy atom. The summed E-state index contributed by atoms with van der Waals surface area (Å²) in [4.78, 5) is 5.11. The quantitative estimate of drug-likeness (QED) is 0.740. The van der Waals surface area contributed by atoms with Crippen LogP contribution >= 0.6 is 0 Å². The van der Waals surface area contributed by atoms with Gasteiger partial charge in [0.25, 0.3) is 0 Å². The Morgan fingerprint density at radius 1 is 1.19 bits per heavy atom. The molecule has 0 bridgehead atoms. The predicted molar refractivity (Wildman–Crippen MR) is 70.9 cm³/mol. The molecule has 0 aromatic carbocycles. The van der Waals surface area contributed by atoms with Gasteiger partial charge in [-0.05, 0) is 53.0 Å². The summed E-state index contributed by atoms with van der Waals surface area (Å²) in [5.41, 5.74) is 0.381. The largest absolute Gasteiger partial charge is 0.314 e. The third-order valence-corrected chi connectivity index (χ3v) is 4.19. The van der Waals surface area contributed by atoms with Gasteiger partial charge in [0.05, 0.1) is 0 Å². The molecule has 0 amide bonds. The second-order valence-electron chi connectivity index (χ2n) is 5.18. The number of likely N-dealkylation sites (tertiary alicyclic amines) is 1. The molecule has 0 spiro atoms. The Morgan fingerprint density at radius 3 is 2.19 bits per heavy atom. The minimum Gasteiger partial charge on any atom is -0.314 e. The van der Waals surface area contributed by atoms with E-state index in [1.807, 2.05) is 0 Å². The maximum Gasteiger partial charge on any atom is 0.0174 e. The molecule has 96 valence electrons. The standard InChI is InChI=1S/C13H29N3/c1-5-15(6-2)11-12-16-9-7-13(3,14-4)8-10-16/h14H,5-12H2,1-4H3. The van der Waals surface area contributed by atoms with Gasteiger partial charge in [0, 0.05) is 18.6 Å². The zero-order valence-corrected chi connectivity index (χ0v) is 11.6. The number of hydrogen-bond acceptors (Lipinski definition) is 3. The number of piperidine rings is 1. The Hall–Kier alpha value is -0.120. The lowest BCUT2D eigenvalue weighted by molar-refractivity contribution is 0.136. The van der Waals surface area contributed by atoms with Crippen molar-refractivity contribution < 1.29 is 0 Å². The zero-order chi connectivity index (χ0) is 12.0. The lowest BCUT2D eigenvalue weighted by Crippen LogP contribution is -2.51. The van der Waals surface area contributed by atoms with Crippen LogP contribution in [0.2, 0.25) is 0 Å². The van der Waals surface area contributed by atoms with E-state index in [2.05, 4.69) is 42.9 Å². The van der Waals surface area contributed by atoms with E-state index in [4.69, 9.17) is 0 Å². The van der Waals surface area contributed by atoms with Gasteiger partial charge in [0.2, 0.25) is 0 Å². The maximum absolute atomic E-state index is 3.45. The Bertz CT molecular complexity index is 182.